The van der Waals surface area contributed by atoms with Gasteiger partial charge in [-0.3, -0.25) is 4.79 Å². The minimum atomic E-state index is -0.805. The Morgan fingerprint density at radius 2 is 2.07 bits per heavy atom. The number of ether oxygens (including phenoxy) is 1. The fraction of sp³-hybridized carbons (Fsp3) is 0.211. The molecule has 2 aromatic carbocycles. The van der Waals surface area contributed by atoms with Gasteiger partial charge in [-0.25, -0.2) is 14.1 Å². The molecule has 2 N–H and O–H groups in total. The zero-order valence-electron chi connectivity index (χ0n) is 14.7. The highest BCUT2D eigenvalue weighted by Gasteiger charge is 2.14. The van der Waals surface area contributed by atoms with Crippen LogP contribution in [0.25, 0.3) is 0 Å². The Kier molecular flexibility index (Phi) is 5.77. The fourth-order valence-electron chi connectivity index (χ4n) is 2.50. The third-order valence-electron chi connectivity index (χ3n) is 3.94. The number of amides is 1. The van der Waals surface area contributed by atoms with Gasteiger partial charge in [0, 0.05) is 6.54 Å². The van der Waals surface area contributed by atoms with Crippen molar-refractivity contribution in [1.82, 2.24) is 20.1 Å². The Balaban J connectivity index is 1.57. The van der Waals surface area contributed by atoms with Crippen LogP contribution in [0.5, 0.6) is 5.75 Å². The summed E-state index contributed by atoms with van der Waals surface area (Å²) in [6.45, 7) is 0.316. The van der Waals surface area contributed by atoms with Crippen LogP contribution in [-0.2, 0) is 13.1 Å². The number of aliphatic hydroxyl groups excluding tert-OH is 1. The first-order valence-corrected chi connectivity index (χ1v) is 8.29. The van der Waals surface area contributed by atoms with Gasteiger partial charge in [-0.2, -0.15) is 0 Å². The molecule has 1 heterocycles. The third kappa shape index (κ3) is 4.89. The number of aromatic nitrogens is 3. The summed E-state index contributed by atoms with van der Waals surface area (Å²) < 4.78 is 19.6. The smallest absolute Gasteiger partial charge is 0.291 e. The maximum Gasteiger partial charge on any atom is 0.291 e. The zero-order chi connectivity index (χ0) is 19.2. The second-order valence-electron chi connectivity index (χ2n) is 5.89. The number of nitrogens with one attached hydrogen (secondary N) is 1. The second kappa shape index (κ2) is 8.41. The molecule has 140 valence electrons. The number of carbonyl (C=O) groups is 1. The molecule has 0 spiro atoms. The summed E-state index contributed by atoms with van der Waals surface area (Å²) in [7, 11) is 1.57. The number of rotatable bonds is 7. The summed E-state index contributed by atoms with van der Waals surface area (Å²) in [5.74, 6) is -0.161. The quantitative estimate of drug-likeness (QED) is 0.665. The maximum absolute atomic E-state index is 13.2. The van der Waals surface area contributed by atoms with Crippen LogP contribution in [0.2, 0.25) is 0 Å². The molecule has 27 heavy (non-hydrogen) atoms. The minimum Gasteiger partial charge on any atom is -0.497 e. The van der Waals surface area contributed by atoms with E-state index in [-0.39, 0.29) is 24.7 Å². The lowest BCUT2D eigenvalue weighted by Crippen LogP contribution is -2.24. The third-order valence-corrected chi connectivity index (χ3v) is 3.94. The van der Waals surface area contributed by atoms with Crippen molar-refractivity contribution in [2.45, 2.75) is 19.2 Å². The number of nitrogens with zero attached hydrogens (tertiary/aromatic N) is 3. The van der Waals surface area contributed by atoms with E-state index in [1.165, 1.54) is 23.1 Å². The molecule has 1 amide bonds. The van der Waals surface area contributed by atoms with E-state index in [0.29, 0.717) is 16.9 Å². The highest BCUT2D eigenvalue weighted by Crippen LogP contribution is 2.18. The van der Waals surface area contributed by atoms with Crippen LogP contribution in [0.1, 0.15) is 27.8 Å². The van der Waals surface area contributed by atoms with Gasteiger partial charge in [0.05, 0.1) is 19.8 Å². The van der Waals surface area contributed by atoms with Crippen molar-refractivity contribution in [2.24, 2.45) is 0 Å². The molecular weight excluding hydrogens is 351 g/mol. The van der Waals surface area contributed by atoms with Crippen molar-refractivity contribution in [1.29, 1.82) is 0 Å². The molecule has 0 aliphatic rings. The summed E-state index contributed by atoms with van der Waals surface area (Å²) in [6.07, 6.45) is 0.574. The highest BCUT2D eigenvalue weighted by molar-refractivity contribution is 5.90. The lowest BCUT2D eigenvalue weighted by Gasteiger charge is -2.11. The lowest BCUT2D eigenvalue weighted by molar-refractivity contribution is 0.0938. The van der Waals surface area contributed by atoms with Crippen molar-refractivity contribution in [3.63, 3.8) is 0 Å². The lowest BCUT2D eigenvalue weighted by atomic mass is 10.1. The molecule has 0 aliphatic carbocycles. The molecule has 1 atom stereocenters. The second-order valence-corrected chi connectivity index (χ2v) is 5.89. The van der Waals surface area contributed by atoms with Crippen LogP contribution in [0.15, 0.2) is 54.9 Å². The molecule has 0 radical (unpaired) electrons. The van der Waals surface area contributed by atoms with Gasteiger partial charge in [0.15, 0.2) is 0 Å². The first-order valence-electron chi connectivity index (χ1n) is 8.29. The number of hydrogen-bond donors (Lipinski definition) is 2. The number of halogens is 1. The van der Waals surface area contributed by atoms with Gasteiger partial charge in [-0.15, -0.1) is 5.10 Å². The topological polar surface area (TPSA) is 89.3 Å². The van der Waals surface area contributed by atoms with Gasteiger partial charge < -0.3 is 15.2 Å². The summed E-state index contributed by atoms with van der Waals surface area (Å²) in [5.41, 5.74) is 1.33. The van der Waals surface area contributed by atoms with Crippen LogP contribution in [-0.4, -0.2) is 32.9 Å². The summed E-state index contributed by atoms with van der Waals surface area (Å²) >= 11 is 0. The monoisotopic (exact) mass is 370 g/mol. The minimum absolute atomic E-state index is 0.0201. The number of aliphatic hydroxyl groups is 1. The van der Waals surface area contributed by atoms with E-state index < -0.39 is 12.0 Å². The van der Waals surface area contributed by atoms with Crippen LogP contribution < -0.4 is 10.1 Å². The van der Waals surface area contributed by atoms with Gasteiger partial charge in [0.25, 0.3) is 5.91 Å². The first-order chi connectivity index (χ1) is 13.0. The Hall–Kier alpha value is -3.26. The van der Waals surface area contributed by atoms with E-state index in [1.54, 1.807) is 43.5 Å². The van der Waals surface area contributed by atoms with E-state index in [1.807, 2.05) is 0 Å². The maximum atomic E-state index is 13.2. The number of hydrogen-bond acceptors (Lipinski definition) is 5. The van der Waals surface area contributed by atoms with Crippen molar-refractivity contribution >= 4 is 5.91 Å². The molecule has 8 heteroatoms. The van der Waals surface area contributed by atoms with E-state index in [2.05, 4.69) is 15.4 Å². The summed E-state index contributed by atoms with van der Waals surface area (Å²) in [6, 6.07) is 13.0. The molecule has 1 aromatic heterocycles. The van der Waals surface area contributed by atoms with Gasteiger partial charge in [0.2, 0.25) is 5.82 Å². The predicted molar refractivity (Wildman–Crippen MR) is 95.5 cm³/mol. The Morgan fingerprint density at radius 1 is 1.30 bits per heavy atom. The normalized spacial score (nSPS) is 11.8. The zero-order valence-corrected chi connectivity index (χ0v) is 14.7. The molecule has 7 nitrogen and oxygen atoms in total. The van der Waals surface area contributed by atoms with Crippen molar-refractivity contribution in [3.05, 3.63) is 77.6 Å². The number of methoxy groups -OCH3 is 1. The van der Waals surface area contributed by atoms with Gasteiger partial charge in [-0.05, 0) is 35.4 Å². The molecule has 0 aliphatic heterocycles. The number of carbonyl (C=O) groups excluding carboxylic acids is 1. The van der Waals surface area contributed by atoms with Crippen LogP contribution >= 0.6 is 0 Å². The molecule has 3 rings (SSSR count). The average molecular weight is 370 g/mol. The SMILES string of the molecule is COc1ccc(C(O)Cn2cnc(C(=O)NCc3cccc(F)c3)n2)cc1. The summed E-state index contributed by atoms with van der Waals surface area (Å²) in [5, 5.41) is 17.0. The van der Waals surface area contributed by atoms with E-state index >= 15 is 0 Å². The Bertz CT molecular complexity index is 911. The molecule has 1 unspecified atom stereocenters. The molecule has 0 fully saturated rings. The fourth-order valence-corrected chi connectivity index (χ4v) is 2.50. The van der Waals surface area contributed by atoms with E-state index in [9.17, 15) is 14.3 Å². The molecule has 0 saturated carbocycles. The van der Waals surface area contributed by atoms with Gasteiger partial charge >= 0.3 is 0 Å². The first kappa shape index (κ1) is 18.5. The van der Waals surface area contributed by atoms with Gasteiger partial charge in [-0.1, -0.05) is 24.3 Å². The largest absolute Gasteiger partial charge is 0.497 e. The predicted octanol–water partition coefficient (Wildman–Crippen LogP) is 2.09. The van der Waals surface area contributed by atoms with Crippen molar-refractivity contribution in [2.75, 3.05) is 7.11 Å². The Morgan fingerprint density at radius 3 is 2.78 bits per heavy atom. The van der Waals surface area contributed by atoms with Crippen molar-refractivity contribution in [3.8, 4) is 5.75 Å². The van der Waals surface area contributed by atoms with Crippen LogP contribution in [0, 0.1) is 5.82 Å². The van der Waals surface area contributed by atoms with Crippen molar-refractivity contribution < 1.29 is 19.0 Å². The summed E-state index contributed by atoms with van der Waals surface area (Å²) in [4.78, 5) is 16.1. The average Bonchev–Trinajstić information content (AvgIpc) is 3.15. The standard InChI is InChI=1S/C19H19FN4O3/c1-27-16-7-5-14(6-8-16)17(25)11-24-12-22-18(23-24)19(26)21-10-13-3-2-4-15(20)9-13/h2-9,12,17,25H,10-11H2,1H3,(H,21,26). The van der Waals surface area contributed by atoms with Crippen LogP contribution in [0.4, 0.5) is 4.39 Å². The molecule has 0 saturated heterocycles. The molecule has 0 bridgehead atoms. The van der Waals surface area contributed by atoms with Crippen LogP contribution in [0.3, 0.4) is 0 Å². The van der Waals surface area contributed by atoms with E-state index in [4.69, 9.17) is 4.74 Å². The highest BCUT2D eigenvalue weighted by atomic mass is 19.1. The van der Waals surface area contributed by atoms with E-state index in [0.717, 1.165) is 0 Å². The molecule has 3 aromatic rings. The number of benzene rings is 2. The Labute approximate surface area is 155 Å². The molecular formula is C19H19FN4O3. The van der Waals surface area contributed by atoms with Gasteiger partial charge in [0.1, 0.15) is 17.9 Å².